The SMILES string of the molecule is Cc1ccc(-c2cc(C(=O)NC3CC3)cc(-n3nnnc3CC(C)C)c2)nc1. The summed E-state index contributed by atoms with van der Waals surface area (Å²) >= 11 is 0. The highest BCUT2D eigenvalue weighted by atomic mass is 16.1. The lowest BCUT2D eigenvalue weighted by Crippen LogP contribution is -2.25. The minimum atomic E-state index is -0.0730. The van der Waals surface area contributed by atoms with Gasteiger partial charge in [0.2, 0.25) is 0 Å². The van der Waals surface area contributed by atoms with Gasteiger partial charge in [0.05, 0.1) is 11.4 Å². The topological polar surface area (TPSA) is 85.6 Å². The molecular formula is C21H24N6O. The third-order valence-corrected chi connectivity index (χ3v) is 4.67. The second kappa shape index (κ2) is 7.50. The lowest BCUT2D eigenvalue weighted by molar-refractivity contribution is 0.0951. The maximum Gasteiger partial charge on any atom is 0.251 e. The summed E-state index contributed by atoms with van der Waals surface area (Å²) in [5.74, 6) is 1.12. The van der Waals surface area contributed by atoms with Crippen molar-refractivity contribution in [3.8, 4) is 16.9 Å². The van der Waals surface area contributed by atoms with E-state index in [2.05, 4.69) is 39.7 Å². The van der Waals surface area contributed by atoms with Crippen LogP contribution < -0.4 is 5.32 Å². The Hall–Kier alpha value is -3.09. The van der Waals surface area contributed by atoms with Gasteiger partial charge < -0.3 is 5.32 Å². The summed E-state index contributed by atoms with van der Waals surface area (Å²) in [7, 11) is 0. The molecule has 0 aliphatic heterocycles. The van der Waals surface area contributed by atoms with Crippen LogP contribution in [0.2, 0.25) is 0 Å². The summed E-state index contributed by atoms with van der Waals surface area (Å²) in [5, 5.41) is 15.2. The second-order valence-electron chi connectivity index (χ2n) is 7.84. The standard InChI is InChI=1S/C21H24N6O/c1-13(2)8-20-24-25-26-27(20)18-10-15(19-7-4-14(3)12-22-19)9-16(11-18)21(28)23-17-5-6-17/h4,7,9-13,17H,5-6,8H2,1-3H3,(H,23,28). The molecule has 1 fully saturated rings. The lowest BCUT2D eigenvalue weighted by Gasteiger charge is -2.12. The highest BCUT2D eigenvalue weighted by Crippen LogP contribution is 2.25. The minimum absolute atomic E-state index is 0.0730. The molecule has 0 saturated heterocycles. The van der Waals surface area contributed by atoms with Crippen LogP contribution in [0.3, 0.4) is 0 Å². The van der Waals surface area contributed by atoms with Crippen molar-refractivity contribution < 1.29 is 4.79 Å². The number of hydrogen-bond donors (Lipinski definition) is 1. The van der Waals surface area contributed by atoms with E-state index in [1.54, 1.807) is 4.68 Å². The fourth-order valence-corrected chi connectivity index (χ4v) is 3.05. The summed E-state index contributed by atoms with van der Waals surface area (Å²) in [6.07, 6.45) is 4.67. The first-order chi connectivity index (χ1) is 13.5. The van der Waals surface area contributed by atoms with Gasteiger partial charge in [0.1, 0.15) is 0 Å². The van der Waals surface area contributed by atoms with Gasteiger partial charge in [-0.2, -0.15) is 4.68 Å². The normalized spacial score (nSPS) is 13.7. The van der Waals surface area contributed by atoms with E-state index in [1.807, 2.05) is 43.5 Å². The van der Waals surface area contributed by atoms with E-state index in [1.165, 1.54) is 0 Å². The number of rotatable bonds is 6. The summed E-state index contributed by atoms with van der Waals surface area (Å²) < 4.78 is 1.71. The maximum atomic E-state index is 12.7. The monoisotopic (exact) mass is 376 g/mol. The van der Waals surface area contributed by atoms with Gasteiger partial charge in [-0.3, -0.25) is 9.78 Å². The Morgan fingerprint density at radius 3 is 2.75 bits per heavy atom. The number of aryl methyl sites for hydroxylation is 1. The average Bonchev–Trinajstić information content (AvgIpc) is 3.37. The van der Waals surface area contributed by atoms with Gasteiger partial charge in [-0.05, 0) is 65.9 Å². The van der Waals surface area contributed by atoms with Gasteiger partial charge >= 0.3 is 0 Å². The fourth-order valence-electron chi connectivity index (χ4n) is 3.05. The molecule has 7 nitrogen and oxygen atoms in total. The summed E-state index contributed by atoms with van der Waals surface area (Å²) in [4.78, 5) is 17.2. The first-order valence-corrected chi connectivity index (χ1v) is 9.66. The number of nitrogens with zero attached hydrogens (tertiary/aromatic N) is 5. The number of carbonyl (C=O) groups is 1. The van der Waals surface area contributed by atoms with E-state index >= 15 is 0 Å². The Kier molecular flexibility index (Phi) is 4.90. The number of nitrogens with one attached hydrogen (secondary N) is 1. The Balaban J connectivity index is 1.78. The number of carbonyl (C=O) groups excluding carboxylic acids is 1. The maximum absolute atomic E-state index is 12.7. The van der Waals surface area contributed by atoms with Crippen LogP contribution in [0.15, 0.2) is 36.5 Å². The number of amides is 1. The number of aromatic nitrogens is 5. The molecule has 144 valence electrons. The van der Waals surface area contributed by atoms with Crippen LogP contribution in [-0.4, -0.2) is 37.1 Å². The van der Waals surface area contributed by atoms with Crippen LogP contribution in [0.4, 0.5) is 0 Å². The van der Waals surface area contributed by atoms with Gasteiger partial charge in [0.15, 0.2) is 5.82 Å². The van der Waals surface area contributed by atoms with Crippen LogP contribution >= 0.6 is 0 Å². The summed E-state index contributed by atoms with van der Waals surface area (Å²) in [6.45, 7) is 6.25. The minimum Gasteiger partial charge on any atom is -0.349 e. The van der Waals surface area contributed by atoms with Gasteiger partial charge in [-0.1, -0.05) is 19.9 Å². The Morgan fingerprint density at radius 2 is 2.07 bits per heavy atom. The molecule has 0 spiro atoms. The average molecular weight is 376 g/mol. The van der Waals surface area contributed by atoms with Crippen LogP contribution in [0.5, 0.6) is 0 Å². The molecule has 0 radical (unpaired) electrons. The van der Waals surface area contributed by atoms with E-state index in [0.717, 1.165) is 47.6 Å². The molecular weight excluding hydrogens is 352 g/mol. The highest BCUT2D eigenvalue weighted by molar-refractivity contribution is 5.96. The quantitative estimate of drug-likeness (QED) is 0.714. The Labute approximate surface area is 164 Å². The molecule has 0 atom stereocenters. The molecule has 1 saturated carbocycles. The summed E-state index contributed by atoms with van der Waals surface area (Å²) in [5.41, 5.74) is 4.12. The number of tetrazole rings is 1. The highest BCUT2D eigenvalue weighted by Gasteiger charge is 2.24. The van der Waals surface area contributed by atoms with E-state index < -0.39 is 0 Å². The van der Waals surface area contributed by atoms with Crippen molar-refractivity contribution in [2.24, 2.45) is 5.92 Å². The summed E-state index contributed by atoms with van der Waals surface area (Å²) in [6, 6.07) is 9.97. The van der Waals surface area contributed by atoms with Crippen LogP contribution in [-0.2, 0) is 6.42 Å². The largest absolute Gasteiger partial charge is 0.349 e. The van der Waals surface area contributed by atoms with E-state index in [0.29, 0.717) is 17.5 Å². The van der Waals surface area contributed by atoms with Crippen molar-refractivity contribution in [1.29, 1.82) is 0 Å². The van der Waals surface area contributed by atoms with Crippen molar-refractivity contribution in [2.45, 2.75) is 46.1 Å². The zero-order chi connectivity index (χ0) is 19.7. The zero-order valence-corrected chi connectivity index (χ0v) is 16.4. The van der Waals surface area contributed by atoms with Crippen LogP contribution in [0, 0.1) is 12.8 Å². The molecule has 28 heavy (non-hydrogen) atoms. The molecule has 1 aliphatic carbocycles. The van der Waals surface area contributed by atoms with Crippen molar-refractivity contribution in [1.82, 2.24) is 30.5 Å². The molecule has 1 N–H and O–H groups in total. The van der Waals surface area contributed by atoms with Crippen molar-refractivity contribution in [3.63, 3.8) is 0 Å². The molecule has 2 heterocycles. The van der Waals surface area contributed by atoms with Gasteiger partial charge in [0.25, 0.3) is 5.91 Å². The molecule has 0 unspecified atom stereocenters. The van der Waals surface area contributed by atoms with Gasteiger partial charge in [-0.25, -0.2) is 0 Å². The first-order valence-electron chi connectivity index (χ1n) is 9.66. The van der Waals surface area contributed by atoms with Crippen LogP contribution in [0.1, 0.15) is 48.4 Å². The molecule has 7 heteroatoms. The fraction of sp³-hybridized carbons (Fsp3) is 0.381. The van der Waals surface area contributed by atoms with Crippen molar-refractivity contribution >= 4 is 5.91 Å². The molecule has 1 aromatic carbocycles. The predicted molar refractivity (Wildman–Crippen MR) is 106 cm³/mol. The van der Waals surface area contributed by atoms with Gasteiger partial charge in [0, 0.05) is 29.8 Å². The Bertz CT molecular complexity index is 988. The third-order valence-electron chi connectivity index (χ3n) is 4.67. The van der Waals surface area contributed by atoms with E-state index in [9.17, 15) is 4.79 Å². The van der Waals surface area contributed by atoms with E-state index in [4.69, 9.17) is 0 Å². The molecule has 4 rings (SSSR count). The predicted octanol–water partition coefficient (Wildman–Crippen LogP) is 3.12. The zero-order valence-electron chi connectivity index (χ0n) is 16.4. The van der Waals surface area contributed by atoms with E-state index in [-0.39, 0.29) is 5.91 Å². The van der Waals surface area contributed by atoms with Gasteiger partial charge in [-0.15, -0.1) is 5.10 Å². The number of benzene rings is 1. The van der Waals surface area contributed by atoms with Crippen molar-refractivity contribution in [3.05, 3.63) is 53.5 Å². The lowest BCUT2D eigenvalue weighted by atomic mass is 10.0. The third kappa shape index (κ3) is 4.08. The number of pyridine rings is 1. The first kappa shape index (κ1) is 18.3. The Morgan fingerprint density at radius 1 is 1.25 bits per heavy atom. The smallest absolute Gasteiger partial charge is 0.251 e. The second-order valence-corrected chi connectivity index (χ2v) is 7.84. The molecule has 1 amide bonds. The number of hydrogen-bond acceptors (Lipinski definition) is 5. The molecule has 3 aromatic rings. The van der Waals surface area contributed by atoms with Crippen molar-refractivity contribution in [2.75, 3.05) is 0 Å². The molecule has 2 aromatic heterocycles. The molecule has 0 bridgehead atoms. The van der Waals surface area contributed by atoms with Crippen LogP contribution in [0.25, 0.3) is 16.9 Å². The molecule has 1 aliphatic rings.